The van der Waals surface area contributed by atoms with Crippen LogP contribution in [-0.4, -0.2) is 44.5 Å². The third kappa shape index (κ3) is 5.95. The van der Waals surface area contributed by atoms with Crippen molar-refractivity contribution in [3.63, 3.8) is 0 Å². The number of rotatable bonds is 7. The highest BCUT2D eigenvalue weighted by Gasteiger charge is 2.25. The Kier molecular flexibility index (Phi) is 7.71. The van der Waals surface area contributed by atoms with Crippen LogP contribution in [0.2, 0.25) is 10.0 Å². The fraction of sp³-hybridized carbons (Fsp3) is 0.300. The normalized spacial score (nSPS) is 15.3. The molecule has 0 atom stereocenters. The number of hydrogen-bond donors (Lipinski definition) is 1. The number of halogens is 2. The van der Waals surface area contributed by atoms with Gasteiger partial charge < -0.3 is 10.2 Å². The van der Waals surface area contributed by atoms with E-state index in [1.54, 1.807) is 30.3 Å². The summed E-state index contributed by atoms with van der Waals surface area (Å²) in [5.41, 5.74) is 1.14. The number of piperidine rings is 1. The van der Waals surface area contributed by atoms with Gasteiger partial charge in [0.15, 0.2) is 6.61 Å². The Labute approximate surface area is 185 Å². The Morgan fingerprint density at radius 3 is 2.43 bits per heavy atom. The Morgan fingerprint density at radius 1 is 1.07 bits per heavy atom. The van der Waals surface area contributed by atoms with Gasteiger partial charge in [-0.1, -0.05) is 40.8 Å². The number of carbonyl (C=O) groups excluding carboxylic acids is 1. The molecule has 1 heterocycles. The summed E-state index contributed by atoms with van der Waals surface area (Å²) in [6, 6.07) is 11.0. The molecule has 0 unspecified atom stereocenters. The molecule has 2 aromatic rings. The van der Waals surface area contributed by atoms with Crippen molar-refractivity contribution in [3.8, 4) is 0 Å². The average Bonchev–Trinajstić information content (AvgIpc) is 2.75. The molecular weight excluding hydrogens is 449 g/mol. The van der Waals surface area contributed by atoms with E-state index < -0.39 is 15.9 Å². The molecule has 1 saturated heterocycles. The van der Waals surface area contributed by atoms with Crippen molar-refractivity contribution in [2.75, 3.05) is 25.0 Å². The molecule has 0 radical (unpaired) electrons. The molecule has 3 rings (SSSR count). The molecule has 2 aromatic carbocycles. The number of hydrogen-bond acceptors (Lipinski definition) is 5. The van der Waals surface area contributed by atoms with Gasteiger partial charge in [-0.05, 0) is 54.8 Å². The summed E-state index contributed by atoms with van der Waals surface area (Å²) in [5, 5.41) is 7.18. The van der Waals surface area contributed by atoms with Crippen LogP contribution in [0.3, 0.4) is 0 Å². The van der Waals surface area contributed by atoms with Crippen LogP contribution in [0.25, 0.3) is 0 Å². The zero-order chi connectivity index (χ0) is 21.6. The lowest BCUT2D eigenvalue weighted by Gasteiger charge is -2.25. The van der Waals surface area contributed by atoms with E-state index in [9.17, 15) is 13.2 Å². The Balaban J connectivity index is 1.50. The average molecular weight is 470 g/mol. The van der Waals surface area contributed by atoms with E-state index >= 15 is 0 Å². The Hall–Kier alpha value is -2.13. The van der Waals surface area contributed by atoms with Crippen LogP contribution in [0, 0.1) is 0 Å². The largest absolute Gasteiger partial charge is 0.386 e. The SMILES string of the molecule is O=C(CO/N=C/c1ccc(Cl)c(Cl)c1)Nc1ccc(S(=O)(=O)N2CCCCC2)cc1. The van der Waals surface area contributed by atoms with E-state index in [0.29, 0.717) is 34.4 Å². The number of anilines is 1. The van der Waals surface area contributed by atoms with Gasteiger partial charge in [0.25, 0.3) is 5.91 Å². The summed E-state index contributed by atoms with van der Waals surface area (Å²) in [4.78, 5) is 17.2. The molecule has 1 amide bonds. The van der Waals surface area contributed by atoms with Gasteiger partial charge in [-0.15, -0.1) is 0 Å². The predicted molar refractivity (Wildman–Crippen MR) is 118 cm³/mol. The quantitative estimate of drug-likeness (QED) is 0.486. The maximum Gasteiger partial charge on any atom is 0.265 e. The molecule has 30 heavy (non-hydrogen) atoms. The van der Waals surface area contributed by atoms with E-state index in [1.165, 1.54) is 22.7 Å². The minimum atomic E-state index is -3.50. The van der Waals surface area contributed by atoms with E-state index in [4.69, 9.17) is 28.0 Å². The molecule has 160 valence electrons. The van der Waals surface area contributed by atoms with Crippen molar-refractivity contribution in [2.24, 2.45) is 5.16 Å². The fourth-order valence-corrected chi connectivity index (χ4v) is 4.77. The van der Waals surface area contributed by atoms with Crippen LogP contribution in [0.4, 0.5) is 5.69 Å². The maximum atomic E-state index is 12.6. The summed E-state index contributed by atoms with van der Waals surface area (Å²) in [6.45, 7) is 0.785. The number of oxime groups is 1. The van der Waals surface area contributed by atoms with E-state index in [0.717, 1.165) is 19.3 Å². The molecule has 0 saturated carbocycles. The van der Waals surface area contributed by atoms with E-state index in [2.05, 4.69) is 10.5 Å². The lowest BCUT2D eigenvalue weighted by atomic mass is 10.2. The first-order chi connectivity index (χ1) is 14.4. The monoisotopic (exact) mass is 469 g/mol. The minimum absolute atomic E-state index is 0.213. The third-order valence-corrected chi connectivity index (χ3v) is 7.16. The zero-order valence-electron chi connectivity index (χ0n) is 16.1. The van der Waals surface area contributed by atoms with Gasteiger partial charge in [0.2, 0.25) is 10.0 Å². The number of carbonyl (C=O) groups is 1. The molecule has 10 heteroatoms. The topological polar surface area (TPSA) is 88.1 Å². The second kappa shape index (κ2) is 10.3. The maximum absolute atomic E-state index is 12.6. The van der Waals surface area contributed by atoms with Crippen molar-refractivity contribution < 1.29 is 18.0 Å². The molecule has 1 aliphatic heterocycles. The van der Waals surface area contributed by atoms with Gasteiger partial charge in [0.1, 0.15) is 0 Å². The van der Waals surface area contributed by atoms with Crippen LogP contribution in [0.5, 0.6) is 0 Å². The van der Waals surface area contributed by atoms with Crippen LogP contribution in [-0.2, 0) is 19.7 Å². The highest BCUT2D eigenvalue weighted by Crippen LogP contribution is 2.23. The number of nitrogens with zero attached hydrogens (tertiary/aromatic N) is 2. The lowest BCUT2D eigenvalue weighted by molar-refractivity contribution is -0.120. The number of amides is 1. The fourth-order valence-electron chi connectivity index (χ4n) is 2.95. The Bertz CT molecular complexity index is 1020. The van der Waals surface area contributed by atoms with Gasteiger partial charge in [-0.2, -0.15) is 4.31 Å². The summed E-state index contributed by atoms with van der Waals surface area (Å²) in [6.07, 6.45) is 4.22. The van der Waals surface area contributed by atoms with Crippen molar-refractivity contribution >= 4 is 51.0 Å². The minimum Gasteiger partial charge on any atom is -0.386 e. The van der Waals surface area contributed by atoms with Crippen molar-refractivity contribution in [2.45, 2.75) is 24.2 Å². The molecule has 1 fully saturated rings. The molecule has 1 aliphatic rings. The summed E-state index contributed by atoms with van der Waals surface area (Å²) in [7, 11) is -3.50. The van der Waals surface area contributed by atoms with Gasteiger partial charge in [-0.25, -0.2) is 8.42 Å². The molecular formula is C20H21Cl2N3O4S. The molecule has 0 spiro atoms. The van der Waals surface area contributed by atoms with E-state index in [-0.39, 0.29) is 11.5 Å². The van der Waals surface area contributed by atoms with Crippen molar-refractivity contribution in [3.05, 3.63) is 58.1 Å². The van der Waals surface area contributed by atoms with Gasteiger partial charge in [0.05, 0.1) is 21.2 Å². The van der Waals surface area contributed by atoms with Crippen molar-refractivity contribution in [1.29, 1.82) is 0 Å². The first-order valence-electron chi connectivity index (χ1n) is 9.37. The molecule has 1 N–H and O–H groups in total. The van der Waals surface area contributed by atoms with Crippen LogP contribution >= 0.6 is 23.2 Å². The number of benzene rings is 2. The van der Waals surface area contributed by atoms with Crippen LogP contribution in [0.15, 0.2) is 52.5 Å². The van der Waals surface area contributed by atoms with E-state index in [1.807, 2.05) is 0 Å². The smallest absolute Gasteiger partial charge is 0.265 e. The van der Waals surface area contributed by atoms with Gasteiger partial charge >= 0.3 is 0 Å². The standard InChI is InChI=1S/C20H21Cl2N3O4S/c21-18-9-4-15(12-19(18)22)13-23-29-14-20(26)24-16-5-7-17(8-6-16)30(27,28)25-10-2-1-3-11-25/h4-9,12-13H,1-3,10-11,14H2,(H,24,26)/b23-13+. The second-order valence-corrected chi connectivity index (χ2v) is 9.47. The zero-order valence-corrected chi connectivity index (χ0v) is 18.4. The second-order valence-electron chi connectivity index (χ2n) is 6.72. The number of sulfonamides is 1. The molecule has 7 nitrogen and oxygen atoms in total. The lowest BCUT2D eigenvalue weighted by Crippen LogP contribution is -2.35. The van der Waals surface area contributed by atoms with Crippen LogP contribution < -0.4 is 5.32 Å². The Morgan fingerprint density at radius 2 is 1.77 bits per heavy atom. The predicted octanol–water partition coefficient (Wildman–Crippen LogP) is 4.16. The van der Waals surface area contributed by atoms with Crippen molar-refractivity contribution in [1.82, 2.24) is 4.31 Å². The van der Waals surface area contributed by atoms with Crippen LogP contribution in [0.1, 0.15) is 24.8 Å². The van der Waals surface area contributed by atoms with Gasteiger partial charge in [-0.3, -0.25) is 4.79 Å². The molecule has 0 bridgehead atoms. The first kappa shape index (κ1) is 22.6. The highest BCUT2D eigenvalue weighted by atomic mass is 35.5. The molecule has 0 aliphatic carbocycles. The summed E-state index contributed by atoms with van der Waals surface area (Å²) >= 11 is 11.8. The summed E-state index contributed by atoms with van der Waals surface area (Å²) < 4.78 is 26.8. The third-order valence-electron chi connectivity index (χ3n) is 4.51. The number of nitrogens with one attached hydrogen (secondary N) is 1. The summed E-state index contributed by atoms with van der Waals surface area (Å²) in [5.74, 6) is -0.423. The highest BCUT2D eigenvalue weighted by molar-refractivity contribution is 7.89. The molecule has 0 aromatic heterocycles. The first-order valence-corrected chi connectivity index (χ1v) is 11.6. The van der Waals surface area contributed by atoms with Gasteiger partial charge in [0, 0.05) is 18.8 Å².